The van der Waals surface area contributed by atoms with E-state index in [9.17, 15) is 10.0 Å². The summed E-state index contributed by atoms with van der Waals surface area (Å²) in [5, 5.41) is 18.5. The first-order valence-corrected chi connectivity index (χ1v) is 5.69. The Morgan fingerprint density at radius 1 is 0.875 bits per heavy atom. The normalized spacial score (nSPS) is 10.2. The van der Waals surface area contributed by atoms with Crippen LogP contribution in [0.25, 0.3) is 11.1 Å². The Kier molecular flexibility index (Phi) is 3.44. The van der Waals surface area contributed by atoms with E-state index in [2.05, 4.69) is 15.9 Å². The van der Waals surface area contributed by atoms with Gasteiger partial charge in [0.05, 0.1) is 0 Å². The Hall–Kier alpha value is -1.10. The van der Waals surface area contributed by atoms with Crippen molar-refractivity contribution in [2.75, 3.05) is 0 Å². The van der Waals surface area contributed by atoms with E-state index < -0.39 is 7.12 Å². The largest absolute Gasteiger partial charge is 0.489 e. The Labute approximate surface area is 103 Å². The van der Waals surface area contributed by atoms with Crippen LogP contribution in [0.2, 0.25) is 0 Å². The predicted molar refractivity (Wildman–Crippen MR) is 69.4 cm³/mol. The maximum Gasteiger partial charge on any atom is 0.489 e. The molecule has 2 nitrogen and oxygen atoms in total. The quantitative estimate of drug-likeness (QED) is 0.822. The van der Waals surface area contributed by atoms with Crippen molar-refractivity contribution in [3.8, 4) is 11.1 Å². The van der Waals surface area contributed by atoms with E-state index in [1.54, 1.807) is 12.1 Å². The Morgan fingerprint density at radius 2 is 1.50 bits per heavy atom. The molecule has 0 bridgehead atoms. The van der Waals surface area contributed by atoms with Gasteiger partial charge in [-0.25, -0.2) is 0 Å². The van der Waals surface area contributed by atoms with E-state index in [0.717, 1.165) is 15.6 Å². The third-order valence-electron chi connectivity index (χ3n) is 2.39. The van der Waals surface area contributed by atoms with Crippen LogP contribution in [0.4, 0.5) is 0 Å². The minimum Gasteiger partial charge on any atom is -0.423 e. The molecule has 0 aliphatic heterocycles. The van der Waals surface area contributed by atoms with Crippen LogP contribution in [0.1, 0.15) is 0 Å². The van der Waals surface area contributed by atoms with Crippen LogP contribution in [-0.2, 0) is 0 Å². The molecule has 16 heavy (non-hydrogen) atoms. The lowest BCUT2D eigenvalue weighted by molar-refractivity contribution is 0.426. The highest BCUT2D eigenvalue weighted by atomic mass is 79.9. The minimum absolute atomic E-state index is 0.518. The van der Waals surface area contributed by atoms with Gasteiger partial charge in [0.25, 0.3) is 0 Å². The molecule has 4 heteroatoms. The lowest BCUT2D eigenvalue weighted by Gasteiger charge is -2.08. The van der Waals surface area contributed by atoms with Crippen LogP contribution >= 0.6 is 15.9 Å². The molecule has 0 aromatic heterocycles. The van der Waals surface area contributed by atoms with E-state index in [1.807, 2.05) is 36.4 Å². The number of rotatable bonds is 2. The molecule has 0 saturated carbocycles. The van der Waals surface area contributed by atoms with Gasteiger partial charge in [0, 0.05) is 4.47 Å². The SMILES string of the molecule is OB(O)c1ccccc1-c1ccc(Br)cc1. The van der Waals surface area contributed by atoms with Crippen LogP contribution in [0.5, 0.6) is 0 Å². The minimum atomic E-state index is -1.44. The lowest BCUT2D eigenvalue weighted by Crippen LogP contribution is -2.31. The van der Waals surface area contributed by atoms with Gasteiger partial charge in [0.15, 0.2) is 0 Å². The van der Waals surface area contributed by atoms with Crippen molar-refractivity contribution in [3.05, 3.63) is 53.0 Å². The molecule has 2 aromatic rings. The molecule has 0 aliphatic rings. The summed E-state index contributed by atoms with van der Waals surface area (Å²) in [6.45, 7) is 0. The second kappa shape index (κ2) is 4.83. The van der Waals surface area contributed by atoms with Crippen LogP contribution in [0.3, 0.4) is 0 Å². The second-order valence-corrected chi connectivity index (χ2v) is 4.38. The molecule has 0 saturated heterocycles. The fourth-order valence-corrected chi connectivity index (χ4v) is 1.88. The molecule has 0 atom stereocenters. The van der Waals surface area contributed by atoms with E-state index >= 15 is 0 Å². The van der Waals surface area contributed by atoms with E-state index in [0.29, 0.717) is 5.46 Å². The van der Waals surface area contributed by atoms with Gasteiger partial charge < -0.3 is 10.0 Å². The van der Waals surface area contributed by atoms with Crippen LogP contribution in [0.15, 0.2) is 53.0 Å². The Bertz CT molecular complexity index is 483. The smallest absolute Gasteiger partial charge is 0.423 e. The number of hydrogen-bond acceptors (Lipinski definition) is 2. The van der Waals surface area contributed by atoms with Gasteiger partial charge in [0.1, 0.15) is 0 Å². The zero-order valence-corrected chi connectivity index (χ0v) is 10.1. The molecule has 2 aromatic carbocycles. The summed E-state index contributed by atoms with van der Waals surface area (Å²) in [6, 6.07) is 15.0. The standard InChI is InChI=1S/C12H10BBrO2/c14-10-7-5-9(6-8-10)11-3-1-2-4-12(11)13(15)16/h1-8,15-16H. The third kappa shape index (κ3) is 2.35. The number of halogens is 1. The van der Waals surface area contributed by atoms with Crippen molar-refractivity contribution in [2.45, 2.75) is 0 Å². The zero-order valence-electron chi connectivity index (χ0n) is 8.47. The summed E-state index contributed by atoms with van der Waals surface area (Å²) in [5.41, 5.74) is 2.32. The first-order valence-electron chi connectivity index (χ1n) is 4.89. The fraction of sp³-hybridized carbons (Fsp3) is 0. The number of benzene rings is 2. The topological polar surface area (TPSA) is 40.5 Å². The van der Waals surface area contributed by atoms with Crippen LogP contribution < -0.4 is 5.46 Å². The van der Waals surface area contributed by atoms with E-state index in [-0.39, 0.29) is 0 Å². The molecule has 0 heterocycles. The van der Waals surface area contributed by atoms with Crippen LogP contribution in [0, 0.1) is 0 Å². The highest BCUT2D eigenvalue weighted by molar-refractivity contribution is 9.10. The Morgan fingerprint density at radius 3 is 2.12 bits per heavy atom. The lowest BCUT2D eigenvalue weighted by atomic mass is 9.75. The zero-order chi connectivity index (χ0) is 11.5. The highest BCUT2D eigenvalue weighted by Gasteiger charge is 2.15. The first kappa shape index (κ1) is 11.4. The summed E-state index contributed by atoms with van der Waals surface area (Å²) in [7, 11) is -1.44. The monoisotopic (exact) mass is 276 g/mol. The molecule has 80 valence electrons. The third-order valence-corrected chi connectivity index (χ3v) is 2.92. The molecular formula is C12H10BBrO2. The molecule has 0 unspecified atom stereocenters. The van der Waals surface area contributed by atoms with Gasteiger partial charge >= 0.3 is 7.12 Å². The molecular weight excluding hydrogens is 267 g/mol. The maximum atomic E-state index is 9.27. The summed E-state index contributed by atoms with van der Waals surface area (Å²) in [5.74, 6) is 0. The average Bonchev–Trinajstić information content (AvgIpc) is 2.30. The van der Waals surface area contributed by atoms with E-state index in [4.69, 9.17) is 0 Å². The molecule has 0 amide bonds. The molecule has 0 aliphatic carbocycles. The van der Waals surface area contributed by atoms with Crippen molar-refractivity contribution in [1.29, 1.82) is 0 Å². The van der Waals surface area contributed by atoms with Gasteiger partial charge in [-0.15, -0.1) is 0 Å². The molecule has 0 radical (unpaired) electrons. The molecule has 0 fully saturated rings. The van der Waals surface area contributed by atoms with Crippen molar-refractivity contribution >= 4 is 28.5 Å². The van der Waals surface area contributed by atoms with Gasteiger partial charge in [-0.05, 0) is 28.7 Å². The number of hydrogen-bond donors (Lipinski definition) is 2. The van der Waals surface area contributed by atoms with Crippen LogP contribution in [-0.4, -0.2) is 17.2 Å². The highest BCUT2D eigenvalue weighted by Crippen LogP contribution is 2.20. The Balaban J connectivity index is 2.51. The summed E-state index contributed by atoms with van der Waals surface area (Å²) in [6.07, 6.45) is 0. The van der Waals surface area contributed by atoms with E-state index in [1.165, 1.54) is 0 Å². The predicted octanol–water partition coefficient (Wildman–Crippen LogP) is 1.80. The van der Waals surface area contributed by atoms with Gasteiger partial charge in [0.2, 0.25) is 0 Å². The van der Waals surface area contributed by atoms with Gasteiger partial charge in [-0.2, -0.15) is 0 Å². The van der Waals surface area contributed by atoms with Crippen molar-refractivity contribution in [3.63, 3.8) is 0 Å². The first-order chi connectivity index (χ1) is 7.68. The van der Waals surface area contributed by atoms with Gasteiger partial charge in [-0.3, -0.25) is 0 Å². The average molecular weight is 277 g/mol. The maximum absolute atomic E-state index is 9.27. The summed E-state index contributed by atoms with van der Waals surface area (Å²) < 4.78 is 0.998. The fourth-order valence-electron chi connectivity index (χ4n) is 1.61. The summed E-state index contributed by atoms with van der Waals surface area (Å²) >= 11 is 3.37. The molecule has 0 spiro atoms. The second-order valence-electron chi connectivity index (χ2n) is 3.47. The van der Waals surface area contributed by atoms with Crippen molar-refractivity contribution in [1.82, 2.24) is 0 Å². The summed E-state index contributed by atoms with van der Waals surface area (Å²) in [4.78, 5) is 0. The van der Waals surface area contributed by atoms with Gasteiger partial charge in [-0.1, -0.05) is 52.3 Å². The van der Waals surface area contributed by atoms with Crippen molar-refractivity contribution < 1.29 is 10.0 Å². The van der Waals surface area contributed by atoms with Crippen molar-refractivity contribution in [2.24, 2.45) is 0 Å². The molecule has 2 N–H and O–H groups in total. The molecule has 2 rings (SSSR count).